The Morgan fingerprint density at radius 2 is 1.89 bits per heavy atom. The molecule has 0 unspecified atom stereocenters. The third-order valence-electron chi connectivity index (χ3n) is 4.59. The molecule has 0 atom stereocenters. The third kappa shape index (κ3) is 2.94. The molecule has 2 N–H and O–H groups in total. The van der Waals surface area contributed by atoms with E-state index in [0.29, 0.717) is 5.65 Å². The van der Waals surface area contributed by atoms with Gasteiger partial charge in [0.2, 0.25) is 0 Å². The smallest absolute Gasteiger partial charge is 0.182 e. The van der Waals surface area contributed by atoms with Crippen LogP contribution in [0.25, 0.3) is 28.0 Å². The lowest BCUT2D eigenvalue weighted by molar-refractivity contribution is 0.785. The minimum absolute atomic E-state index is 0.662. The predicted molar refractivity (Wildman–Crippen MR) is 107 cm³/mol. The number of nitrogens with zero attached hydrogens (tertiary/aromatic N) is 6. The first kappa shape index (κ1) is 16.4. The van der Waals surface area contributed by atoms with Gasteiger partial charge in [-0.1, -0.05) is 18.2 Å². The van der Waals surface area contributed by atoms with E-state index in [1.165, 1.54) is 6.33 Å². The van der Waals surface area contributed by atoms with E-state index in [2.05, 4.69) is 46.9 Å². The van der Waals surface area contributed by atoms with Crippen LogP contribution in [0, 0.1) is 0 Å². The van der Waals surface area contributed by atoms with Crippen molar-refractivity contribution in [1.82, 2.24) is 34.5 Å². The Morgan fingerprint density at radius 1 is 0.964 bits per heavy atom. The van der Waals surface area contributed by atoms with Crippen LogP contribution in [0.5, 0.6) is 0 Å². The number of aryl methyl sites for hydroxylation is 1. The Kier molecular flexibility index (Phi) is 4.13. The monoisotopic (exact) mass is 370 g/mol. The number of pyridine rings is 1. The fraction of sp³-hybridized carbons (Fsp3) is 0.150. The number of H-pyrrole nitrogens is 1. The number of hydrogen-bond donors (Lipinski definition) is 2. The van der Waals surface area contributed by atoms with Gasteiger partial charge in [0.1, 0.15) is 23.2 Å². The molecular weight excluding hydrogens is 352 g/mol. The lowest BCUT2D eigenvalue weighted by atomic mass is 10.2. The normalized spacial score (nSPS) is 11.3. The van der Waals surface area contributed by atoms with Gasteiger partial charge >= 0.3 is 0 Å². The average molecular weight is 370 g/mol. The Morgan fingerprint density at radius 3 is 2.82 bits per heavy atom. The molecule has 1 aromatic carbocycles. The summed E-state index contributed by atoms with van der Waals surface area (Å²) >= 11 is 0. The van der Waals surface area contributed by atoms with E-state index in [1.54, 1.807) is 12.5 Å². The second kappa shape index (κ2) is 7.07. The van der Waals surface area contributed by atoms with Crippen LogP contribution in [0.2, 0.25) is 0 Å². The number of hydrogen-bond acceptors (Lipinski definition) is 6. The number of aromatic nitrogens is 7. The van der Waals surface area contributed by atoms with Crippen molar-refractivity contribution in [1.29, 1.82) is 0 Å². The second-order valence-corrected chi connectivity index (χ2v) is 6.40. The van der Waals surface area contributed by atoms with Crippen molar-refractivity contribution < 1.29 is 0 Å². The zero-order valence-electron chi connectivity index (χ0n) is 15.1. The molecule has 0 saturated carbocycles. The summed E-state index contributed by atoms with van der Waals surface area (Å²) in [6.45, 7) is 0.760. The standard InChI is InChI=1S/C20H18N8/c1-2-6-14(7-3-1)28-16(27-15-8-4-11-22-20(15)28)9-5-10-21-18-17-19(24-12-23-17)26-13-25-18/h1-4,6-8,11-13H,5,9-10H2,(H2,21,23,24,25,26). The van der Waals surface area contributed by atoms with Crippen molar-refractivity contribution in [3.63, 3.8) is 0 Å². The van der Waals surface area contributed by atoms with Gasteiger partial charge in [0.05, 0.1) is 6.33 Å². The van der Waals surface area contributed by atoms with Gasteiger partial charge in [0, 0.05) is 24.8 Å². The molecule has 8 heteroatoms. The molecule has 4 heterocycles. The number of para-hydroxylation sites is 1. The fourth-order valence-electron chi connectivity index (χ4n) is 3.33. The largest absolute Gasteiger partial charge is 0.368 e. The summed E-state index contributed by atoms with van der Waals surface area (Å²) in [6, 6.07) is 14.1. The van der Waals surface area contributed by atoms with Crippen molar-refractivity contribution in [3.8, 4) is 5.69 Å². The van der Waals surface area contributed by atoms with Gasteiger partial charge in [-0.15, -0.1) is 0 Å². The lowest BCUT2D eigenvalue weighted by Gasteiger charge is -2.09. The van der Waals surface area contributed by atoms with Gasteiger partial charge in [0.15, 0.2) is 17.1 Å². The Labute approximate surface area is 160 Å². The molecule has 4 aromatic heterocycles. The molecule has 0 aliphatic heterocycles. The first-order valence-electron chi connectivity index (χ1n) is 9.16. The first-order valence-corrected chi connectivity index (χ1v) is 9.16. The van der Waals surface area contributed by atoms with Gasteiger partial charge in [-0.25, -0.2) is 24.9 Å². The number of aromatic amines is 1. The highest BCUT2D eigenvalue weighted by Gasteiger charge is 2.13. The lowest BCUT2D eigenvalue weighted by Crippen LogP contribution is -2.08. The van der Waals surface area contributed by atoms with E-state index in [0.717, 1.165) is 53.4 Å². The molecule has 0 bridgehead atoms. The highest BCUT2D eigenvalue weighted by atomic mass is 15.1. The average Bonchev–Trinajstić information content (AvgIpc) is 3.36. The van der Waals surface area contributed by atoms with E-state index in [9.17, 15) is 0 Å². The van der Waals surface area contributed by atoms with Gasteiger partial charge < -0.3 is 10.3 Å². The predicted octanol–water partition coefficient (Wildman–Crippen LogP) is 3.13. The van der Waals surface area contributed by atoms with E-state index in [1.807, 2.05) is 30.3 Å². The number of imidazole rings is 2. The second-order valence-electron chi connectivity index (χ2n) is 6.40. The number of anilines is 1. The molecule has 0 fully saturated rings. The molecule has 0 aliphatic rings. The summed E-state index contributed by atoms with van der Waals surface area (Å²) in [6.07, 6.45) is 6.66. The van der Waals surface area contributed by atoms with Crippen LogP contribution >= 0.6 is 0 Å². The van der Waals surface area contributed by atoms with Crippen LogP contribution in [-0.4, -0.2) is 41.0 Å². The third-order valence-corrected chi connectivity index (χ3v) is 4.59. The zero-order valence-corrected chi connectivity index (χ0v) is 15.1. The SMILES string of the molecule is c1ccc(-n2c(CCCNc3ncnc4nc[nH]c34)nc3cccnc32)cc1. The molecular formula is C20H18N8. The molecule has 5 rings (SSSR count). The van der Waals surface area contributed by atoms with Crippen LogP contribution in [0.3, 0.4) is 0 Å². The summed E-state index contributed by atoms with van der Waals surface area (Å²) in [5.41, 5.74) is 4.34. The Bertz CT molecular complexity index is 1220. The van der Waals surface area contributed by atoms with Gasteiger partial charge in [-0.05, 0) is 30.7 Å². The van der Waals surface area contributed by atoms with Gasteiger partial charge in [0.25, 0.3) is 0 Å². The minimum Gasteiger partial charge on any atom is -0.368 e. The van der Waals surface area contributed by atoms with Crippen molar-refractivity contribution in [3.05, 3.63) is 67.1 Å². The zero-order chi connectivity index (χ0) is 18.8. The summed E-state index contributed by atoms with van der Waals surface area (Å²) in [5.74, 6) is 1.76. The highest BCUT2D eigenvalue weighted by molar-refractivity contribution is 5.81. The molecule has 5 aromatic rings. The Balaban J connectivity index is 1.36. The molecule has 28 heavy (non-hydrogen) atoms. The molecule has 0 amide bonds. The topological polar surface area (TPSA) is 97.2 Å². The van der Waals surface area contributed by atoms with Gasteiger partial charge in [-0.2, -0.15) is 0 Å². The quantitative estimate of drug-likeness (QED) is 0.446. The summed E-state index contributed by atoms with van der Waals surface area (Å²) in [7, 11) is 0. The molecule has 0 aliphatic carbocycles. The molecule has 138 valence electrons. The maximum Gasteiger partial charge on any atom is 0.182 e. The molecule has 0 spiro atoms. The van der Waals surface area contributed by atoms with E-state index >= 15 is 0 Å². The van der Waals surface area contributed by atoms with E-state index in [-0.39, 0.29) is 0 Å². The maximum absolute atomic E-state index is 4.81. The summed E-state index contributed by atoms with van der Waals surface area (Å²) < 4.78 is 2.13. The number of fused-ring (bicyclic) bond motifs is 2. The number of nitrogens with one attached hydrogen (secondary N) is 2. The highest BCUT2D eigenvalue weighted by Crippen LogP contribution is 2.21. The fourth-order valence-corrected chi connectivity index (χ4v) is 3.33. The first-order chi connectivity index (χ1) is 13.9. The number of rotatable bonds is 6. The van der Waals surface area contributed by atoms with Crippen molar-refractivity contribution in [2.24, 2.45) is 0 Å². The van der Waals surface area contributed by atoms with Crippen LogP contribution in [0.1, 0.15) is 12.2 Å². The van der Waals surface area contributed by atoms with E-state index in [4.69, 9.17) is 4.98 Å². The van der Waals surface area contributed by atoms with Crippen molar-refractivity contribution >= 4 is 28.1 Å². The minimum atomic E-state index is 0.662. The van der Waals surface area contributed by atoms with Crippen molar-refractivity contribution in [2.75, 3.05) is 11.9 Å². The van der Waals surface area contributed by atoms with Crippen LogP contribution < -0.4 is 5.32 Å². The van der Waals surface area contributed by atoms with Crippen molar-refractivity contribution in [2.45, 2.75) is 12.8 Å². The summed E-state index contributed by atoms with van der Waals surface area (Å²) in [4.78, 5) is 25.0. The van der Waals surface area contributed by atoms with Crippen LogP contribution in [0.4, 0.5) is 5.82 Å². The Hall–Kier alpha value is -3.81. The molecule has 8 nitrogen and oxygen atoms in total. The van der Waals surface area contributed by atoms with Crippen LogP contribution in [0.15, 0.2) is 61.3 Å². The molecule has 0 radical (unpaired) electrons. The number of benzene rings is 1. The maximum atomic E-state index is 4.81. The summed E-state index contributed by atoms with van der Waals surface area (Å²) in [5, 5.41) is 3.36. The van der Waals surface area contributed by atoms with Gasteiger partial charge in [-0.3, -0.25) is 4.57 Å². The molecule has 0 saturated heterocycles. The van der Waals surface area contributed by atoms with E-state index < -0.39 is 0 Å². The van der Waals surface area contributed by atoms with Crippen LogP contribution in [-0.2, 0) is 6.42 Å².